The molecule has 0 atom stereocenters. The van der Waals surface area contributed by atoms with Crippen LogP contribution in [0, 0.1) is 0 Å². The van der Waals surface area contributed by atoms with Crippen LogP contribution in [0.4, 0.5) is 5.69 Å². The van der Waals surface area contributed by atoms with Gasteiger partial charge < -0.3 is 29.0 Å². The number of rotatable bonds is 17. The maximum atomic E-state index is 12.0. The van der Waals surface area contributed by atoms with Gasteiger partial charge in [-0.15, -0.1) is 0 Å². The molecule has 0 heterocycles. The first-order chi connectivity index (χ1) is 13.3. The number of carbonyl (C=O) groups is 1. The summed E-state index contributed by atoms with van der Waals surface area (Å²) in [5.41, 5.74) is 1.54. The zero-order valence-corrected chi connectivity index (χ0v) is 16.5. The topological polar surface area (TPSA) is 75.3 Å². The molecule has 0 radical (unpaired) electrons. The number of nitrogens with one attached hydrogen (secondary N) is 1. The molecule has 1 aromatic carbocycles. The number of unbranched alkanes of at least 4 members (excludes halogenated alkanes) is 1. The molecule has 0 spiro atoms. The molecule has 0 aliphatic rings. The third-order valence-corrected chi connectivity index (χ3v) is 3.62. The van der Waals surface area contributed by atoms with Crippen molar-refractivity contribution in [1.82, 2.24) is 0 Å². The van der Waals surface area contributed by atoms with Crippen molar-refractivity contribution in [2.24, 2.45) is 0 Å². The second kappa shape index (κ2) is 16.5. The van der Waals surface area contributed by atoms with Gasteiger partial charge in [0.2, 0.25) is 0 Å². The lowest BCUT2D eigenvalue weighted by Gasteiger charge is -2.08. The zero-order chi connectivity index (χ0) is 19.6. The summed E-state index contributed by atoms with van der Waals surface area (Å²) in [6.07, 6.45) is 2.27. The van der Waals surface area contributed by atoms with Gasteiger partial charge in [0.15, 0.2) is 0 Å². The minimum absolute atomic E-state index is 0.218. The first-order valence-corrected chi connectivity index (χ1v) is 9.51. The van der Waals surface area contributed by atoms with Crippen LogP contribution in [0.2, 0.25) is 0 Å². The molecule has 0 aliphatic heterocycles. The van der Waals surface area contributed by atoms with Gasteiger partial charge in [-0.2, -0.15) is 0 Å². The number of ether oxygens (including phenoxy) is 5. The van der Waals surface area contributed by atoms with E-state index in [4.69, 9.17) is 23.7 Å². The van der Waals surface area contributed by atoms with Gasteiger partial charge in [0.1, 0.15) is 6.61 Å². The Hall–Kier alpha value is -1.67. The Morgan fingerprint density at radius 2 is 1.41 bits per heavy atom. The quantitative estimate of drug-likeness (QED) is 0.327. The average molecular weight is 383 g/mol. The number of anilines is 1. The van der Waals surface area contributed by atoms with Gasteiger partial charge in [0.25, 0.3) is 0 Å². The Morgan fingerprint density at radius 1 is 0.852 bits per heavy atom. The van der Waals surface area contributed by atoms with Crippen LogP contribution in [-0.4, -0.2) is 72.5 Å². The standard InChI is InChI=1S/C20H33NO6/c1-3-4-9-21-19-7-5-18(6-8-19)20(22)27-17-16-26-15-14-25-13-12-24-11-10-23-2/h5-8,21H,3-4,9-17H2,1-2H3. The van der Waals surface area contributed by atoms with E-state index >= 15 is 0 Å². The molecule has 0 unspecified atom stereocenters. The van der Waals surface area contributed by atoms with Crippen LogP contribution in [0.3, 0.4) is 0 Å². The van der Waals surface area contributed by atoms with E-state index in [1.807, 2.05) is 12.1 Å². The van der Waals surface area contributed by atoms with E-state index in [1.54, 1.807) is 19.2 Å². The fourth-order valence-electron chi connectivity index (χ4n) is 2.09. The second-order valence-electron chi connectivity index (χ2n) is 5.82. The summed E-state index contributed by atoms with van der Waals surface area (Å²) in [5.74, 6) is -0.344. The molecule has 0 aliphatic carbocycles. The molecule has 7 nitrogen and oxygen atoms in total. The van der Waals surface area contributed by atoms with Crippen LogP contribution < -0.4 is 5.32 Å². The molecule has 1 aromatic rings. The Labute approximate surface area is 162 Å². The molecule has 0 saturated heterocycles. The van der Waals surface area contributed by atoms with Crippen LogP contribution in [-0.2, 0) is 23.7 Å². The Balaban J connectivity index is 1.99. The summed E-state index contributed by atoms with van der Waals surface area (Å²) in [6, 6.07) is 7.30. The Bertz CT molecular complexity index is 480. The number of esters is 1. The Kier molecular flexibility index (Phi) is 14.3. The second-order valence-corrected chi connectivity index (χ2v) is 5.82. The highest BCUT2D eigenvalue weighted by atomic mass is 16.6. The molecule has 7 heteroatoms. The fourth-order valence-corrected chi connectivity index (χ4v) is 2.09. The van der Waals surface area contributed by atoms with E-state index in [-0.39, 0.29) is 12.6 Å². The van der Waals surface area contributed by atoms with E-state index in [0.717, 1.165) is 25.1 Å². The van der Waals surface area contributed by atoms with E-state index in [2.05, 4.69) is 12.2 Å². The maximum Gasteiger partial charge on any atom is 0.338 e. The summed E-state index contributed by atoms with van der Waals surface area (Å²) in [5, 5.41) is 3.31. The number of benzene rings is 1. The van der Waals surface area contributed by atoms with E-state index in [1.165, 1.54) is 0 Å². The molecule has 0 bridgehead atoms. The highest BCUT2D eigenvalue weighted by molar-refractivity contribution is 5.89. The summed E-state index contributed by atoms with van der Waals surface area (Å²) in [7, 11) is 1.64. The number of hydrogen-bond donors (Lipinski definition) is 1. The molecule has 0 aromatic heterocycles. The van der Waals surface area contributed by atoms with Crippen LogP contribution in [0.25, 0.3) is 0 Å². The summed E-state index contributed by atoms with van der Waals surface area (Å²) < 4.78 is 26.0. The number of methoxy groups -OCH3 is 1. The lowest BCUT2D eigenvalue weighted by atomic mass is 10.2. The van der Waals surface area contributed by atoms with Crippen LogP contribution >= 0.6 is 0 Å². The van der Waals surface area contributed by atoms with Gasteiger partial charge in [-0.05, 0) is 30.7 Å². The van der Waals surface area contributed by atoms with Crippen molar-refractivity contribution in [3.05, 3.63) is 29.8 Å². The summed E-state index contributed by atoms with van der Waals surface area (Å²) in [4.78, 5) is 12.0. The van der Waals surface area contributed by atoms with Crippen molar-refractivity contribution < 1.29 is 28.5 Å². The maximum absolute atomic E-state index is 12.0. The SMILES string of the molecule is CCCCNc1ccc(C(=O)OCCOCCOCCOCCOC)cc1. The summed E-state index contributed by atoms with van der Waals surface area (Å²) >= 11 is 0. The monoisotopic (exact) mass is 383 g/mol. The van der Waals surface area contributed by atoms with Gasteiger partial charge in [-0.25, -0.2) is 4.79 Å². The number of carbonyl (C=O) groups excluding carboxylic acids is 1. The summed E-state index contributed by atoms with van der Waals surface area (Å²) in [6.45, 7) is 6.79. The molecule has 154 valence electrons. The molecule has 0 amide bonds. The van der Waals surface area contributed by atoms with E-state index in [9.17, 15) is 4.79 Å². The van der Waals surface area contributed by atoms with Gasteiger partial charge >= 0.3 is 5.97 Å². The van der Waals surface area contributed by atoms with Crippen molar-refractivity contribution in [3.63, 3.8) is 0 Å². The third kappa shape index (κ3) is 12.4. The highest BCUT2D eigenvalue weighted by Crippen LogP contribution is 2.10. The first kappa shape index (κ1) is 23.4. The van der Waals surface area contributed by atoms with Crippen molar-refractivity contribution in [3.8, 4) is 0 Å². The lowest BCUT2D eigenvalue weighted by Crippen LogP contribution is -2.14. The normalized spacial score (nSPS) is 10.7. The van der Waals surface area contributed by atoms with Gasteiger partial charge in [-0.1, -0.05) is 13.3 Å². The van der Waals surface area contributed by atoms with Crippen LogP contribution in [0.5, 0.6) is 0 Å². The lowest BCUT2D eigenvalue weighted by molar-refractivity contribution is -0.00551. The van der Waals surface area contributed by atoms with Crippen molar-refractivity contribution in [1.29, 1.82) is 0 Å². The minimum atomic E-state index is -0.344. The van der Waals surface area contributed by atoms with Crippen LogP contribution in [0.1, 0.15) is 30.1 Å². The molecule has 0 saturated carbocycles. The van der Waals surface area contributed by atoms with Gasteiger partial charge in [-0.3, -0.25) is 0 Å². The zero-order valence-electron chi connectivity index (χ0n) is 16.5. The van der Waals surface area contributed by atoms with Crippen molar-refractivity contribution in [2.45, 2.75) is 19.8 Å². The molecule has 1 N–H and O–H groups in total. The molecular formula is C20H33NO6. The van der Waals surface area contributed by atoms with E-state index in [0.29, 0.717) is 51.8 Å². The highest BCUT2D eigenvalue weighted by Gasteiger charge is 2.06. The molecule has 27 heavy (non-hydrogen) atoms. The van der Waals surface area contributed by atoms with E-state index < -0.39 is 0 Å². The van der Waals surface area contributed by atoms with Gasteiger partial charge in [0.05, 0.1) is 51.8 Å². The molecule has 1 rings (SSSR count). The van der Waals surface area contributed by atoms with Crippen LogP contribution in [0.15, 0.2) is 24.3 Å². The largest absolute Gasteiger partial charge is 0.460 e. The van der Waals surface area contributed by atoms with Gasteiger partial charge in [0, 0.05) is 19.3 Å². The minimum Gasteiger partial charge on any atom is -0.460 e. The predicted molar refractivity (Wildman–Crippen MR) is 104 cm³/mol. The Morgan fingerprint density at radius 3 is 1.96 bits per heavy atom. The predicted octanol–water partition coefficient (Wildman–Crippen LogP) is 2.75. The molecule has 0 fully saturated rings. The van der Waals surface area contributed by atoms with Crippen molar-refractivity contribution in [2.75, 3.05) is 71.8 Å². The smallest absolute Gasteiger partial charge is 0.338 e. The average Bonchev–Trinajstić information content (AvgIpc) is 2.69. The third-order valence-electron chi connectivity index (χ3n) is 3.62. The van der Waals surface area contributed by atoms with Crippen molar-refractivity contribution >= 4 is 11.7 Å². The molecular weight excluding hydrogens is 350 g/mol. The number of hydrogen-bond acceptors (Lipinski definition) is 7. The first-order valence-electron chi connectivity index (χ1n) is 9.51. The fraction of sp³-hybridized carbons (Fsp3) is 0.650.